The minimum Gasteiger partial charge on any atom is -0.483 e. The van der Waals surface area contributed by atoms with E-state index >= 15 is 0 Å². The molecule has 2 amide bonds. The van der Waals surface area contributed by atoms with Crippen molar-refractivity contribution in [2.45, 2.75) is 40.0 Å². The molecule has 0 bridgehead atoms. The number of ether oxygens (including phenoxy) is 1. The topological polar surface area (TPSA) is 61.9 Å². The van der Waals surface area contributed by atoms with E-state index in [9.17, 15) is 9.59 Å². The zero-order valence-electron chi connectivity index (χ0n) is 22.3. The first-order valence-electron chi connectivity index (χ1n) is 13.1. The lowest BCUT2D eigenvalue weighted by Crippen LogP contribution is -2.48. The Morgan fingerprint density at radius 2 is 1.59 bits per heavy atom. The van der Waals surface area contributed by atoms with Crippen LogP contribution in [0.1, 0.15) is 53.7 Å². The van der Waals surface area contributed by atoms with Gasteiger partial charge in [-0.05, 0) is 78.4 Å². The van der Waals surface area contributed by atoms with Crippen LogP contribution < -0.4 is 15.0 Å². The number of benzene rings is 3. The maximum absolute atomic E-state index is 12.9. The van der Waals surface area contributed by atoms with Crippen LogP contribution >= 0.6 is 0 Å². The standard InChI is InChI=1S/C31H37N3O3/c1-5-24-7-9-25(10-8-24)31(36)34-18-16-33(17-19-34)27-13-11-26(12-14-27)32-30(35)21-37-29-20-23(4)6-15-28(29)22(2)3/h6-15,20,22H,5,16-19,21H2,1-4H3,(H,32,35). The molecule has 6 nitrogen and oxygen atoms in total. The molecule has 0 spiro atoms. The van der Waals surface area contributed by atoms with Crippen LogP contribution in [0.2, 0.25) is 0 Å². The highest BCUT2D eigenvalue weighted by molar-refractivity contribution is 5.94. The third-order valence-corrected chi connectivity index (χ3v) is 6.84. The van der Waals surface area contributed by atoms with E-state index in [1.807, 2.05) is 66.4 Å². The van der Waals surface area contributed by atoms with Crippen LogP contribution in [0, 0.1) is 6.92 Å². The summed E-state index contributed by atoms with van der Waals surface area (Å²) < 4.78 is 5.85. The maximum atomic E-state index is 12.9. The molecular formula is C31H37N3O3. The molecule has 0 unspecified atom stereocenters. The second kappa shape index (κ2) is 12.0. The highest BCUT2D eigenvalue weighted by Gasteiger charge is 2.22. The second-order valence-electron chi connectivity index (χ2n) is 9.91. The number of carbonyl (C=O) groups excluding carboxylic acids is 2. The van der Waals surface area contributed by atoms with Crippen molar-refractivity contribution in [1.82, 2.24) is 4.90 Å². The summed E-state index contributed by atoms with van der Waals surface area (Å²) in [4.78, 5) is 29.6. The lowest BCUT2D eigenvalue weighted by molar-refractivity contribution is -0.118. The molecule has 1 fully saturated rings. The Labute approximate surface area is 220 Å². The first-order chi connectivity index (χ1) is 17.8. The molecule has 1 aliphatic heterocycles. The summed E-state index contributed by atoms with van der Waals surface area (Å²) in [5, 5.41) is 2.92. The third kappa shape index (κ3) is 6.70. The number of amides is 2. The van der Waals surface area contributed by atoms with Crippen molar-refractivity contribution in [3.05, 3.63) is 89.0 Å². The average molecular weight is 500 g/mol. The Morgan fingerprint density at radius 1 is 0.919 bits per heavy atom. The number of aryl methyl sites for hydroxylation is 2. The van der Waals surface area contributed by atoms with Gasteiger partial charge in [0.15, 0.2) is 6.61 Å². The van der Waals surface area contributed by atoms with E-state index in [1.165, 1.54) is 5.56 Å². The molecular weight excluding hydrogens is 462 g/mol. The molecule has 1 aliphatic rings. The van der Waals surface area contributed by atoms with Crippen LogP contribution in [0.15, 0.2) is 66.7 Å². The Morgan fingerprint density at radius 3 is 2.22 bits per heavy atom. The van der Waals surface area contributed by atoms with E-state index in [-0.39, 0.29) is 18.4 Å². The Bertz CT molecular complexity index is 1210. The highest BCUT2D eigenvalue weighted by Crippen LogP contribution is 2.27. The lowest BCUT2D eigenvalue weighted by atomic mass is 10.0. The molecule has 1 N–H and O–H groups in total. The molecule has 0 radical (unpaired) electrons. The van der Waals surface area contributed by atoms with Gasteiger partial charge in [0.05, 0.1) is 0 Å². The monoisotopic (exact) mass is 499 g/mol. The van der Waals surface area contributed by atoms with Crippen LogP contribution in [0.3, 0.4) is 0 Å². The number of carbonyl (C=O) groups is 2. The maximum Gasteiger partial charge on any atom is 0.262 e. The van der Waals surface area contributed by atoms with Gasteiger partial charge in [-0.2, -0.15) is 0 Å². The molecule has 1 saturated heterocycles. The van der Waals surface area contributed by atoms with Crippen molar-refractivity contribution in [3.8, 4) is 5.75 Å². The summed E-state index contributed by atoms with van der Waals surface area (Å²) in [6.07, 6.45) is 0.968. The molecule has 0 aliphatic carbocycles. The summed E-state index contributed by atoms with van der Waals surface area (Å²) >= 11 is 0. The highest BCUT2D eigenvalue weighted by atomic mass is 16.5. The van der Waals surface area contributed by atoms with Crippen molar-refractivity contribution in [2.24, 2.45) is 0 Å². The first-order valence-corrected chi connectivity index (χ1v) is 13.1. The first kappa shape index (κ1) is 26.3. The van der Waals surface area contributed by atoms with Gasteiger partial charge in [0, 0.05) is 43.1 Å². The van der Waals surface area contributed by atoms with Gasteiger partial charge >= 0.3 is 0 Å². The summed E-state index contributed by atoms with van der Waals surface area (Å²) in [5.41, 5.74) is 5.99. The Balaban J connectivity index is 1.27. The number of rotatable bonds is 8. The van der Waals surface area contributed by atoms with E-state index in [0.717, 1.165) is 53.3 Å². The minimum atomic E-state index is -0.192. The zero-order valence-corrected chi connectivity index (χ0v) is 22.3. The molecule has 194 valence electrons. The van der Waals surface area contributed by atoms with Crippen LogP contribution in [0.4, 0.5) is 11.4 Å². The quantitative estimate of drug-likeness (QED) is 0.434. The van der Waals surface area contributed by atoms with Crippen molar-refractivity contribution in [3.63, 3.8) is 0 Å². The van der Waals surface area contributed by atoms with Gasteiger partial charge in [-0.25, -0.2) is 0 Å². The van der Waals surface area contributed by atoms with E-state index in [2.05, 4.69) is 43.1 Å². The SMILES string of the molecule is CCc1ccc(C(=O)N2CCN(c3ccc(NC(=O)COc4cc(C)ccc4C(C)C)cc3)CC2)cc1. The molecule has 0 atom stereocenters. The second-order valence-corrected chi connectivity index (χ2v) is 9.91. The minimum absolute atomic E-state index is 0.0396. The fourth-order valence-corrected chi connectivity index (χ4v) is 4.57. The van der Waals surface area contributed by atoms with Crippen molar-refractivity contribution in [1.29, 1.82) is 0 Å². The van der Waals surface area contributed by atoms with E-state index < -0.39 is 0 Å². The van der Waals surface area contributed by atoms with Crippen molar-refractivity contribution < 1.29 is 14.3 Å². The number of nitrogens with zero attached hydrogens (tertiary/aromatic N) is 2. The van der Waals surface area contributed by atoms with Gasteiger partial charge in [-0.1, -0.05) is 45.0 Å². The predicted molar refractivity (Wildman–Crippen MR) is 150 cm³/mol. The average Bonchev–Trinajstić information content (AvgIpc) is 2.92. The zero-order chi connectivity index (χ0) is 26.4. The summed E-state index contributed by atoms with van der Waals surface area (Å²) in [5.74, 6) is 0.978. The Kier molecular flexibility index (Phi) is 8.49. The third-order valence-electron chi connectivity index (χ3n) is 6.84. The molecule has 0 saturated carbocycles. The van der Waals surface area contributed by atoms with Gasteiger partial charge < -0.3 is 19.9 Å². The number of anilines is 2. The number of hydrogen-bond donors (Lipinski definition) is 1. The summed E-state index contributed by atoms with van der Waals surface area (Å²) in [6.45, 7) is 11.2. The molecule has 1 heterocycles. The molecule has 3 aromatic carbocycles. The van der Waals surface area contributed by atoms with E-state index in [0.29, 0.717) is 19.0 Å². The molecule has 37 heavy (non-hydrogen) atoms. The van der Waals surface area contributed by atoms with Crippen LogP contribution in [-0.4, -0.2) is 49.5 Å². The Hall–Kier alpha value is -3.80. The predicted octanol–water partition coefficient (Wildman–Crippen LogP) is 5.66. The van der Waals surface area contributed by atoms with Gasteiger partial charge in [0.2, 0.25) is 0 Å². The number of hydrogen-bond acceptors (Lipinski definition) is 4. The summed E-state index contributed by atoms with van der Waals surface area (Å²) in [7, 11) is 0. The fraction of sp³-hybridized carbons (Fsp3) is 0.355. The molecule has 6 heteroatoms. The van der Waals surface area contributed by atoms with Crippen LogP contribution in [0.5, 0.6) is 5.75 Å². The van der Waals surface area contributed by atoms with Gasteiger partial charge in [0.1, 0.15) is 5.75 Å². The lowest BCUT2D eigenvalue weighted by Gasteiger charge is -2.36. The largest absolute Gasteiger partial charge is 0.483 e. The molecule has 4 rings (SSSR count). The van der Waals surface area contributed by atoms with Crippen molar-refractivity contribution >= 4 is 23.2 Å². The van der Waals surface area contributed by atoms with Gasteiger partial charge in [-0.3, -0.25) is 9.59 Å². The van der Waals surface area contributed by atoms with Crippen molar-refractivity contribution in [2.75, 3.05) is 43.0 Å². The van der Waals surface area contributed by atoms with Gasteiger partial charge in [-0.15, -0.1) is 0 Å². The number of nitrogens with one attached hydrogen (secondary N) is 1. The fourth-order valence-electron chi connectivity index (χ4n) is 4.57. The van der Waals surface area contributed by atoms with Gasteiger partial charge in [0.25, 0.3) is 11.8 Å². The summed E-state index contributed by atoms with van der Waals surface area (Å²) in [6, 6.07) is 21.8. The molecule has 3 aromatic rings. The number of piperazine rings is 1. The molecule has 0 aromatic heterocycles. The van der Waals surface area contributed by atoms with Crippen LogP contribution in [0.25, 0.3) is 0 Å². The normalized spacial score (nSPS) is 13.5. The smallest absolute Gasteiger partial charge is 0.262 e. The van der Waals surface area contributed by atoms with Crippen LogP contribution in [-0.2, 0) is 11.2 Å². The van der Waals surface area contributed by atoms with E-state index in [4.69, 9.17) is 4.74 Å². The van der Waals surface area contributed by atoms with E-state index in [1.54, 1.807) is 0 Å².